The summed E-state index contributed by atoms with van der Waals surface area (Å²) in [5.41, 5.74) is 1.97. The first-order chi connectivity index (χ1) is 15.2. The van der Waals surface area contributed by atoms with E-state index in [1.807, 2.05) is 6.92 Å². The third-order valence-corrected chi connectivity index (χ3v) is 4.89. The zero-order chi connectivity index (χ0) is 23.5. The van der Waals surface area contributed by atoms with E-state index in [1.54, 1.807) is 50.4 Å². The maximum Gasteiger partial charge on any atom is 0.422 e. The molecule has 170 valence electrons. The van der Waals surface area contributed by atoms with Crippen molar-refractivity contribution in [2.75, 3.05) is 18.5 Å². The van der Waals surface area contributed by atoms with Gasteiger partial charge in [-0.1, -0.05) is 25.1 Å². The smallest absolute Gasteiger partial charge is 0.422 e. The number of rotatable bonds is 7. The number of halogens is 3. The molecule has 1 heterocycles. The first-order valence-corrected chi connectivity index (χ1v) is 10.0. The number of carbonyl (C=O) groups is 2. The van der Waals surface area contributed by atoms with Gasteiger partial charge in [-0.05, 0) is 43.2 Å². The van der Waals surface area contributed by atoms with Crippen molar-refractivity contribution in [2.24, 2.45) is 7.05 Å². The van der Waals surface area contributed by atoms with Crippen LogP contribution in [0.25, 0.3) is 10.9 Å². The fraction of sp³-hybridized carbons (Fsp3) is 0.304. The summed E-state index contributed by atoms with van der Waals surface area (Å²) in [4.78, 5) is 25.2. The Kier molecular flexibility index (Phi) is 6.76. The van der Waals surface area contributed by atoms with Gasteiger partial charge in [-0.25, -0.2) is 4.79 Å². The van der Waals surface area contributed by atoms with Crippen LogP contribution in [0.2, 0.25) is 0 Å². The van der Waals surface area contributed by atoms with Crippen molar-refractivity contribution in [1.29, 1.82) is 0 Å². The molecule has 0 bridgehead atoms. The first-order valence-electron chi connectivity index (χ1n) is 10.0. The van der Waals surface area contributed by atoms with Crippen molar-refractivity contribution in [1.82, 2.24) is 4.57 Å². The largest absolute Gasteiger partial charge is 0.481 e. The number of nitrogens with zero attached hydrogens (tertiary/aromatic N) is 1. The quantitative estimate of drug-likeness (QED) is 0.510. The molecule has 0 aliphatic rings. The number of aryl methyl sites for hydroxylation is 2. The molecule has 0 radical (unpaired) electrons. The van der Waals surface area contributed by atoms with Crippen molar-refractivity contribution in [3.05, 3.63) is 59.3 Å². The van der Waals surface area contributed by atoms with E-state index in [-0.39, 0.29) is 29.3 Å². The second kappa shape index (κ2) is 9.33. The SMILES string of the molecule is CCOC(=O)c1c(OCC(F)(F)F)c2cc(NC(=O)c3ccccc3)c(CC)cc2n1C. The van der Waals surface area contributed by atoms with Gasteiger partial charge in [-0.2, -0.15) is 13.2 Å². The average molecular weight is 448 g/mol. The summed E-state index contributed by atoms with van der Waals surface area (Å²) in [5, 5.41) is 3.07. The third kappa shape index (κ3) is 4.87. The van der Waals surface area contributed by atoms with Gasteiger partial charge in [0.15, 0.2) is 18.1 Å². The zero-order valence-electron chi connectivity index (χ0n) is 17.9. The van der Waals surface area contributed by atoms with Gasteiger partial charge in [0, 0.05) is 23.7 Å². The Labute approximate surface area is 182 Å². The number of hydrogen-bond donors (Lipinski definition) is 1. The van der Waals surface area contributed by atoms with E-state index in [0.29, 0.717) is 23.2 Å². The molecule has 32 heavy (non-hydrogen) atoms. The van der Waals surface area contributed by atoms with Crippen LogP contribution in [0.4, 0.5) is 18.9 Å². The van der Waals surface area contributed by atoms with Gasteiger partial charge in [0.2, 0.25) is 0 Å². The van der Waals surface area contributed by atoms with Crippen molar-refractivity contribution in [3.63, 3.8) is 0 Å². The van der Waals surface area contributed by atoms with E-state index in [4.69, 9.17) is 9.47 Å². The number of hydrogen-bond acceptors (Lipinski definition) is 4. The van der Waals surface area contributed by atoms with Crippen molar-refractivity contribution >= 4 is 28.5 Å². The maximum atomic E-state index is 12.9. The van der Waals surface area contributed by atoms with Crippen LogP contribution < -0.4 is 10.1 Å². The van der Waals surface area contributed by atoms with Crippen LogP contribution in [0.15, 0.2) is 42.5 Å². The molecule has 0 aliphatic heterocycles. The van der Waals surface area contributed by atoms with Crippen LogP contribution in [-0.2, 0) is 18.2 Å². The molecule has 0 saturated heterocycles. The van der Waals surface area contributed by atoms with Crippen LogP contribution in [0, 0.1) is 0 Å². The lowest BCUT2D eigenvalue weighted by Gasteiger charge is -2.12. The fourth-order valence-electron chi connectivity index (χ4n) is 3.41. The van der Waals surface area contributed by atoms with Crippen LogP contribution in [0.1, 0.15) is 40.3 Å². The number of nitrogens with one attached hydrogen (secondary N) is 1. The van der Waals surface area contributed by atoms with Crippen LogP contribution in [-0.4, -0.2) is 35.8 Å². The maximum absolute atomic E-state index is 12.9. The number of aromatic nitrogens is 1. The molecule has 1 N–H and O–H groups in total. The van der Waals surface area contributed by atoms with E-state index in [2.05, 4.69) is 5.32 Å². The molecule has 9 heteroatoms. The van der Waals surface area contributed by atoms with Gasteiger partial charge in [0.1, 0.15) is 0 Å². The number of alkyl halides is 3. The monoisotopic (exact) mass is 448 g/mol. The summed E-state index contributed by atoms with van der Waals surface area (Å²) in [5.74, 6) is -1.40. The standard InChI is InChI=1S/C23H23F3N2O4/c1-4-14-11-18-16(12-17(14)27-21(29)15-9-7-6-8-10-15)20(32-13-23(24,25)26)19(28(18)3)22(30)31-5-2/h6-12H,4-5,13H2,1-3H3,(H,27,29). The minimum Gasteiger partial charge on any atom is -0.481 e. The summed E-state index contributed by atoms with van der Waals surface area (Å²) in [6.45, 7) is 1.97. The summed E-state index contributed by atoms with van der Waals surface area (Å²) in [7, 11) is 1.55. The molecule has 3 rings (SSSR count). The van der Waals surface area contributed by atoms with Gasteiger partial charge in [0.25, 0.3) is 5.91 Å². The predicted octanol–water partition coefficient (Wildman–Crippen LogP) is 5.11. The van der Waals surface area contributed by atoms with E-state index in [0.717, 1.165) is 5.56 Å². The number of ether oxygens (including phenoxy) is 2. The lowest BCUT2D eigenvalue weighted by Crippen LogP contribution is -2.20. The zero-order valence-corrected chi connectivity index (χ0v) is 17.9. The lowest BCUT2D eigenvalue weighted by molar-refractivity contribution is -0.153. The molecule has 0 atom stereocenters. The number of anilines is 1. The summed E-state index contributed by atoms with van der Waals surface area (Å²) >= 11 is 0. The Morgan fingerprint density at radius 1 is 1.09 bits per heavy atom. The van der Waals surface area contributed by atoms with Crippen molar-refractivity contribution in [3.8, 4) is 5.75 Å². The van der Waals surface area contributed by atoms with Crippen molar-refractivity contribution in [2.45, 2.75) is 26.4 Å². The third-order valence-electron chi connectivity index (χ3n) is 4.89. The second-order valence-corrected chi connectivity index (χ2v) is 7.06. The van der Waals surface area contributed by atoms with Gasteiger partial charge >= 0.3 is 12.1 Å². The Balaban J connectivity index is 2.14. The van der Waals surface area contributed by atoms with Gasteiger partial charge < -0.3 is 19.4 Å². The number of fused-ring (bicyclic) bond motifs is 1. The minimum atomic E-state index is -4.60. The Hall–Kier alpha value is -3.49. The van der Waals surface area contributed by atoms with E-state index in [1.165, 1.54) is 10.6 Å². The van der Waals surface area contributed by atoms with Crippen LogP contribution in [0.3, 0.4) is 0 Å². The van der Waals surface area contributed by atoms with Gasteiger partial charge in [-0.15, -0.1) is 0 Å². The highest BCUT2D eigenvalue weighted by molar-refractivity contribution is 6.07. The Morgan fingerprint density at radius 3 is 2.38 bits per heavy atom. The Morgan fingerprint density at radius 2 is 1.78 bits per heavy atom. The first kappa shape index (κ1) is 23.2. The lowest BCUT2D eigenvalue weighted by atomic mass is 10.1. The molecule has 1 amide bonds. The second-order valence-electron chi connectivity index (χ2n) is 7.06. The molecule has 1 aromatic heterocycles. The van der Waals surface area contributed by atoms with Gasteiger partial charge in [-0.3, -0.25) is 4.79 Å². The highest BCUT2D eigenvalue weighted by Gasteiger charge is 2.32. The molecule has 3 aromatic rings. The number of carbonyl (C=O) groups excluding carboxylic acids is 2. The molecule has 6 nitrogen and oxygen atoms in total. The van der Waals surface area contributed by atoms with Gasteiger partial charge in [0.05, 0.1) is 12.1 Å². The molecule has 0 saturated carbocycles. The van der Waals surface area contributed by atoms with Crippen LogP contribution >= 0.6 is 0 Å². The molecule has 0 spiro atoms. The predicted molar refractivity (Wildman–Crippen MR) is 114 cm³/mol. The molecule has 2 aromatic carbocycles. The van der Waals surface area contributed by atoms with E-state index in [9.17, 15) is 22.8 Å². The number of amides is 1. The molecular formula is C23H23F3N2O4. The van der Waals surface area contributed by atoms with E-state index < -0.39 is 18.8 Å². The number of benzene rings is 2. The fourth-order valence-corrected chi connectivity index (χ4v) is 3.41. The topological polar surface area (TPSA) is 69.6 Å². The summed E-state index contributed by atoms with van der Waals surface area (Å²) < 4.78 is 50.2. The molecule has 0 aliphatic carbocycles. The molecular weight excluding hydrogens is 425 g/mol. The van der Waals surface area contributed by atoms with Crippen LogP contribution in [0.5, 0.6) is 5.75 Å². The average Bonchev–Trinajstić information content (AvgIpc) is 3.02. The summed E-state index contributed by atoms with van der Waals surface area (Å²) in [6.07, 6.45) is -4.05. The van der Waals surface area contributed by atoms with E-state index >= 15 is 0 Å². The molecule has 0 unspecified atom stereocenters. The Bertz CT molecular complexity index is 1140. The normalized spacial score (nSPS) is 11.4. The highest BCUT2D eigenvalue weighted by atomic mass is 19.4. The number of esters is 1. The highest BCUT2D eigenvalue weighted by Crippen LogP contribution is 2.38. The molecule has 0 fully saturated rings. The van der Waals surface area contributed by atoms with Crippen molar-refractivity contribution < 1.29 is 32.2 Å². The summed E-state index contributed by atoms with van der Waals surface area (Å²) in [6, 6.07) is 11.8. The minimum absolute atomic E-state index is 0.0532.